The largest absolute Gasteiger partial charge is 0.294 e. The average molecular weight is 265 g/mol. The van der Waals surface area contributed by atoms with Crippen molar-refractivity contribution in [2.24, 2.45) is 0 Å². The van der Waals surface area contributed by atoms with Crippen LogP contribution in [0, 0.1) is 11.3 Å². The molecule has 1 aromatic heterocycles. The van der Waals surface area contributed by atoms with E-state index in [0.717, 1.165) is 35.4 Å². The van der Waals surface area contributed by atoms with E-state index in [2.05, 4.69) is 11.2 Å². The summed E-state index contributed by atoms with van der Waals surface area (Å²) < 4.78 is 1.85. The van der Waals surface area contributed by atoms with Gasteiger partial charge in [-0.05, 0) is 12.8 Å². The highest BCUT2D eigenvalue weighted by molar-refractivity contribution is 6.03. The molecule has 0 saturated carbocycles. The maximum absolute atomic E-state index is 12.2. The molecule has 0 fully saturated rings. The molecule has 0 aliphatic heterocycles. The molecule has 4 heteroatoms. The molecular weight excluding hydrogens is 250 g/mol. The minimum Gasteiger partial charge on any atom is -0.294 e. The molecule has 0 saturated heterocycles. The molecule has 0 unspecified atom stereocenters. The first-order valence-corrected chi connectivity index (χ1v) is 6.86. The third-order valence-electron chi connectivity index (χ3n) is 3.64. The van der Waals surface area contributed by atoms with Gasteiger partial charge in [0, 0.05) is 17.7 Å². The van der Waals surface area contributed by atoms with E-state index in [1.807, 2.05) is 35.0 Å². The van der Waals surface area contributed by atoms with Gasteiger partial charge >= 0.3 is 0 Å². The van der Waals surface area contributed by atoms with Crippen LogP contribution in [0.1, 0.15) is 35.3 Å². The number of nitrogens with zero attached hydrogens (tertiary/aromatic N) is 3. The summed E-state index contributed by atoms with van der Waals surface area (Å²) in [6, 6.07) is 11.9. The molecule has 0 bridgehead atoms. The molecule has 1 aliphatic rings. The molecule has 1 aromatic carbocycles. The predicted octanol–water partition coefficient (Wildman–Crippen LogP) is 2.98. The first-order chi connectivity index (χ1) is 9.81. The number of nitriles is 1. The van der Waals surface area contributed by atoms with E-state index in [1.54, 1.807) is 0 Å². The zero-order valence-corrected chi connectivity index (χ0v) is 11.2. The van der Waals surface area contributed by atoms with Crippen LogP contribution in [-0.4, -0.2) is 15.6 Å². The number of benzene rings is 1. The maximum atomic E-state index is 12.2. The number of carbonyl (C=O) groups is 1. The topological polar surface area (TPSA) is 58.7 Å². The lowest BCUT2D eigenvalue weighted by atomic mass is 9.92. The Morgan fingerprint density at radius 1 is 1.25 bits per heavy atom. The molecule has 4 nitrogen and oxygen atoms in total. The lowest BCUT2D eigenvalue weighted by molar-refractivity contribution is 0.0972. The highest BCUT2D eigenvalue weighted by Gasteiger charge is 2.27. The lowest BCUT2D eigenvalue weighted by Crippen LogP contribution is -2.14. The average Bonchev–Trinajstić information content (AvgIpc) is 2.86. The molecule has 0 atom stereocenters. The Balaban J connectivity index is 2.13. The van der Waals surface area contributed by atoms with Crippen molar-refractivity contribution in [3.8, 4) is 17.3 Å². The van der Waals surface area contributed by atoms with E-state index in [1.165, 1.54) is 0 Å². The van der Waals surface area contributed by atoms with Crippen molar-refractivity contribution in [1.82, 2.24) is 9.78 Å². The van der Waals surface area contributed by atoms with Gasteiger partial charge in [-0.1, -0.05) is 30.3 Å². The Bertz CT molecular complexity index is 680. The van der Waals surface area contributed by atoms with Crippen LogP contribution >= 0.6 is 0 Å². The SMILES string of the molecule is N#CCCn1nc(-c2ccccc2)c2c1CCCC2=O. The number of fused-ring (bicyclic) bond motifs is 1. The van der Waals surface area contributed by atoms with Crippen molar-refractivity contribution in [3.63, 3.8) is 0 Å². The molecule has 1 heterocycles. The van der Waals surface area contributed by atoms with E-state index in [0.29, 0.717) is 19.4 Å². The summed E-state index contributed by atoms with van der Waals surface area (Å²) in [6.45, 7) is 0.555. The van der Waals surface area contributed by atoms with E-state index < -0.39 is 0 Å². The molecule has 0 spiro atoms. The minimum absolute atomic E-state index is 0.174. The molecule has 0 radical (unpaired) electrons. The fourth-order valence-corrected chi connectivity index (χ4v) is 2.72. The molecular formula is C16H15N3O. The van der Waals surface area contributed by atoms with Crippen molar-refractivity contribution in [2.45, 2.75) is 32.2 Å². The number of hydrogen-bond donors (Lipinski definition) is 0. The number of rotatable bonds is 3. The van der Waals surface area contributed by atoms with E-state index >= 15 is 0 Å². The predicted molar refractivity (Wildman–Crippen MR) is 75.2 cm³/mol. The van der Waals surface area contributed by atoms with Crippen LogP contribution in [0.5, 0.6) is 0 Å². The van der Waals surface area contributed by atoms with Gasteiger partial charge in [0.05, 0.1) is 24.6 Å². The second-order valence-electron chi connectivity index (χ2n) is 4.94. The molecule has 100 valence electrons. The summed E-state index contributed by atoms with van der Waals surface area (Å²) in [5.41, 5.74) is 3.49. The van der Waals surface area contributed by atoms with Crippen LogP contribution in [0.2, 0.25) is 0 Å². The zero-order valence-electron chi connectivity index (χ0n) is 11.2. The van der Waals surface area contributed by atoms with Crippen LogP contribution in [-0.2, 0) is 13.0 Å². The van der Waals surface area contributed by atoms with Gasteiger partial charge in [-0.3, -0.25) is 9.48 Å². The fraction of sp³-hybridized carbons (Fsp3) is 0.312. The smallest absolute Gasteiger partial charge is 0.166 e. The van der Waals surface area contributed by atoms with Crippen molar-refractivity contribution >= 4 is 5.78 Å². The lowest BCUT2D eigenvalue weighted by Gasteiger charge is -2.12. The summed E-state index contributed by atoms with van der Waals surface area (Å²) >= 11 is 0. The van der Waals surface area contributed by atoms with Gasteiger partial charge in [0.15, 0.2) is 5.78 Å². The Hall–Kier alpha value is -2.41. The van der Waals surface area contributed by atoms with Crippen LogP contribution in [0.15, 0.2) is 30.3 Å². The van der Waals surface area contributed by atoms with Gasteiger partial charge in [0.2, 0.25) is 0 Å². The molecule has 0 amide bonds. The van der Waals surface area contributed by atoms with Crippen LogP contribution in [0.25, 0.3) is 11.3 Å². The minimum atomic E-state index is 0.174. The Kier molecular flexibility index (Phi) is 3.34. The fourth-order valence-electron chi connectivity index (χ4n) is 2.72. The molecule has 1 aliphatic carbocycles. The number of aryl methyl sites for hydroxylation is 1. The first kappa shape index (κ1) is 12.6. The summed E-state index contributed by atoms with van der Waals surface area (Å²) in [5.74, 6) is 0.174. The van der Waals surface area contributed by atoms with E-state index in [-0.39, 0.29) is 5.78 Å². The summed E-state index contributed by atoms with van der Waals surface area (Å²) in [7, 11) is 0. The van der Waals surface area contributed by atoms with Crippen molar-refractivity contribution < 1.29 is 4.79 Å². The van der Waals surface area contributed by atoms with Gasteiger partial charge in [0.25, 0.3) is 0 Å². The van der Waals surface area contributed by atoms with Crippen LogP contribution < -0.4 is 0 Å². The van der Waals surface area contributed by atoms with E-state index in [4.69, 9.17) is 5.26 Å². The second kappa shape index (κ2) is 5.30. The van der Waals surface area contributed by atoms with Crippen molar-refractivity contribution in [2.75, 3.05) is 0 Å². The molecule has 3 rings (SSSR count). The summed E-state index contributed by atoms with van der Waals surface area (Å²) in [6.07, 6.45) is 2.75. The number of Topliss-reactive ketones (excluding diaryl/α,β-unsaturated/α-hetero) is 1. The van der Waals surface area contributed by atoms with Gasteiger partial charge in [-0.15, -0.1) is 0 Å². The third-order valence-corrected chi connectivity index (χ3v) is 3.64. The quantitative estimate of drug-likeness (QED) is 0.857. The van der Waals surface area contributed by atoms with Gasteiger partial charge in [-0.25, -0.2) is 0 Å². The van der Waals surface area contributed by atoms with Crippen molar-refractivity contribution in [1.29, 1.82) is 5.26 Å². The van der Waals surface area contributed by atoms with Gasteiger partial charge in [-0.2, -0.15) is 10.4 Å². The normalized spacial score (nSPS) is 13.8. The number of hydrogen-bond acceptors (Lipinski definition) is 3. The standard InChI is InChI=1S/C16H15N3O/c17-10-5-11-19-13-8-4-9-14(20)15(13)16(18-19)12-6-2-1-3-7-12/h1-3,6-7H,4-5,8-9,11H2. The maximum Gasteiger partial charge on any atom is 0.166 e. The monoisotopic (exact) mass is 265 g/mol. The Labute approximate surface area is 117 Å². The van der Waals surface area contributed by atoms with Gasteiger partial charge in [0.1, 0.15) is 5.69 Å². The van der Waals surface area contributed by atoms with E-state index in [9.17, 15) is 4.79 Å². The number of ketones is 1. The van der Waals surface area contributed by atoms with Crippen molar-refractivity contribution in [3.05, 3.63) is 41.6 Å². The third kappa shape index (κ3) is 2.12. The first-order valence-electron chi connectivity index (χ1n) is 6.86. The Morgan fingerprint density at radius 3 is 2.80 bits per heavy atom. The van der Waals surface area contributed by atoms with Crippen LogP contribution in [0.3, 0.4) is 0 Å². The van der Waals surface area contributed by atoms with Crippen LogP contribution in [0.4, 0.5) is 0 Å². The second-order valence-corrected chi connectivity index (χ2v) is 4.94. The zero-order chi connectivity index (χ0) is 13.9. The molecule has 20 heavy (non-hydrogen) atoms. The summed E-state index contributed by atoms with van der Waals surface area (Å²) in [5, 5.41) is 13.3. The highest BCUT2D eigenvalue weighted by Crippen LogP contribution is 2.31. The molecule has 0 N–H and O–H groups in total. The number of carbonyl (C=O) groups excluding carboxylic acids is 1. The summed E-state index contributed by atoms with van der Waals surface area (Å²) in [4.78, 5) is 12.2. The molecule has 2 aromatic rings. The van der Waals surface area contributed by atoms with Gasteiger partial charge < -0.3 is 0 Å². The Morgan fingerprint density at radius 2 is 2.05 bits per heavy atom. The highest BCUT2D eigenvalue weighted by atomic mass is 16.1. The number of aromatic nitrogens is 2.